The van der Waals surface area contributed by atoms with Crippen LogP contribution in [-0.2, 0) is 13.0 Å². The number of nitrogens with zero attached hydrogens (tertiary/aromatic N) is 3. The standard InChI is InChI=1S/C11H14N4S/c1-3-8-10(7-12-2)16-11(15-8)9-6-13-4-5-14-9/h4-6,12H,3,7H2,1-2H3. The fourth-order valence-electron chi connectivity index (χ4n) is 1.48. The van der Waals surface area contributed by atoms with Gasteiger partial charge in [-0.1, -0.05) is 6.92 Å². The molecule has 5 heteroatoms. The summed E-state index contributed by atoms with van der Waals surface area (Å²) in [6.45, 7) is 2.98. The third-order valence-electron chi connectivity index (χ3n) is 2.23. The third kappa shape index (κ3) is 2.25. The molecule has 2 aromatic heterocycles. The van der Waals surface area contributed by atoms with Gasteiger partial charge in [-0.15, -0.1) is 11.3 Å². The Labute approximate surface area is 98.8 Å². The Hall–Kier alpha value is -1.33. The molecule has 0 saturated carbocycles. The van der Waals surface area contributed by atoms with Gasteiger partial charge in [0.15, 0.2) is 0 Å². The summed E-state index contributed by atoms with van der Waals surface area (Å²) in [5.74, 6) is 0. The van der Waals surface area contributed by atoms with Gasteiger partial charge in [-0.25, -0.2) is 4.98 Å². The summed E-state index contributed by atoms with van der Waals surface area (Å²) >= 11 is 1.69. The lowest BCUT2D eigenvalue weighted by molar-refractivity contribution is 0.814. The molecule has 2 aromatic rings. The van der Waals surface area contributed by atoms with E-state index in [-0.39, 0.29) is 0 Å². The predicted octanol–water partition coefficient (Wildman–Crippen LogP) is 1.88. The maximum Gasteiger partial charge on any atom is 0.144 e. The predicted molar refractivity (Wildman–Crippen MR) is 65.3 cm³/mol. The van der Waals surface area contributed by atoms with Gasteiger partial charge in [-0.3, -0.25) is 9.97 Å². The van der Waals surface area contributed by atoms with Crippen molar-refractivity contribution in [1.29, 1.82) is 0 Å². The van der Waals surface area contributed by atoms with Crippen LogP contribution in [0.4, 0.5) is 0 Å². The third-order valence-corrected chi connectivity index (χ3v) is 3.35. The Morgan fingerprint density at radius 3 is 2.88 bits per heavy atom. The van der Waals surface area contributed by atoms with Crippen LogP contribution in [0.2, 0.25) is 0 Å². The summed E-state index contributed by atoms with van der Waals surface area (Å²) in [5, 5.41) is 4.11. The highest BCUT2D eigenvalue weighted by atomic mass is 32.1. The minimum atomic E-state index is 0.851. The van der Waals surface area contributed by atoms with Gasteiger partial charge >= 0.3 is 0 Å². The van der Waals surface area contributed by atoms with E-state index in [2.05, 4.69) is 27.2 Å². The quantitative estimate of drug-likeness (QED) is 0.877. The van der Waals surface area contributed by atoms with Crippen molar-refractivity contribution in [2.75, 3.05) is 7.05 Å². The summed E-state index contributed by atoms with van der Waals surface area (Å²) in [6.07, 6.45) is 6.07. The smallest absolute Gasteiger partial charge is 0.144 e. The largest absolute Gasteiger partial charge is 0.315 e. The number of aromatic nitrogens is 3. The molecule has 4 nitrogen and oxygen atoms in total. The molecule has 2 heterocycles. The molecule has 1 N–H and O–H groups in total. The van der Waals surface area contributed by atoms with Crippen LogP contribution < -0.4 is 5.32 Å². The zero-order chi connectivity index (χ0) is 11.4. The Kier molecular flexibility index (Phi) is 3.58. The second-order valence-corrected chi connectivity index (χ2v) is 4.45. The summed E-state index contributed by atoms with van der Waals surface area (Å²) < 4.78 is 0. The topological polar surface area (TPSA) is 50.7 Å². The fourth-order valence-corrected chi connectivity index (χ4v) is 2.60. The van der Waals surface area contributed by atoms with Crippen molar-refractivity contribution < 1.29 is 0 Å². The van der Waals surface area contributed by atoms with Crippen LogP contribution in [-0.4, -0.2) is 22.0 Å². The first kappa shape index (κ1) is 11.2. The Balaban J connectivity index is 2.36. The van der Waals surface area contributed by atoms with Crippen molar-refractivity contribution in [3.8, 4) is 10.7 Å². The van der Waals surface area contributed by atoms with Crippen molar-refractivity contribution in [2.24, 2.45) is 0 Å². The highest BCUT2D eigenvalue weighted by Crippen LogP contribution is 2.26. The number of hydrogen-bond donors (Lipinski definition) is 1. The van der Waals surface area contributed by atoms with Gasteiger partial charge in [-0.2, -0.15) is 0 Å². The molecule has 0 aliphatic rings. The first-order valence-corrected chi connectivity index (χ1v) is 6.06. The van der Waals surface area contributed by atoms with E-state index in [0.717, 1.165) is 29.4 Å². The van der Waals surface area contributed by atoms with Crippen LogP contribution in [0.15, 0.2) is 18.6 Å². The van der Waals surface area contributed by atoms with Crippen LogP contribution in [0.3, 0.4) is 0 Å². The summed E-state index contributed by atoms with van der Waals surface area (Å²) in [6, 6.07) is 0. The maximum absolute atomic E-state index is 4.59. The van der Waals surface area contributed by atoms with E-state index in [1.165, 1.54) is 4.88 Å². The molecule has 0 fully saturated rings. The van der Waals surface area contributed by atoms with E-state index < -0.39 is 0 Å². The van der Waals surface area contributed by atoms with Crippen molar-refractivity contribution in [1.82, 2.24) is 20.3 Å². The Morgan fingerprint density at radius 2 is 2.25 bits per heavy atom. The van der Waals surface area contributed by atoms with Crippen molar-refractivity contribution in [2.45, 2.75) is 19.9 Å². The first-order valence-electron chi connectivity index (χ1n) is 5.24. The lowest BCUT2D eigenvalue weighted by atomic mass is 10.3. The molecule has 0 radical (unpaired) electrons. The molecule has 16 heavy (non-hydrogen) atoms. The van der Waals surface area contributed by atoms with Crippen LogP contribution >= 0.6 is 11.3 Å². The fraction of sp³-hybridized carbons (Fsp3) is 0.364. The van der Waals surface area contributed by atoms with Gasteiger partial charge in [0.25, 0.3) is 0 Å². The molecule has 2 rings (SSSR count). The summed E-state index contributed by atoms with van der Waals surface area (Å²) in [5.41, 5.74) is 2.00. The highest BCUT2D eigenvalue weighted by Gasteiger charge is 2.11. The molecule has 0 aromatic carbocycles. The molecule has 0 aliphatic carbocycles. The van der Waals surface area contributed by atoms with Crippen molar-refractivity contribution in [3.05, 3.63) is 29.2 Å². The molecule has 0 amide bonds. The van der Waals surface area contributed by atoms with Crippen LogP contribution in [0, 0.1) is 0 Å². The maximum atomic E-state index is 4.59. The molecule has 0 saturated heterocycles. The van der Waals surface area contributed by atoms with Crippen LogP contribution in [0.1, 0.15) is 17.5 Å². The molecule has 0 unspecified atom stereocenters. The molecular weight excluding hydrogens is 220 g/mol. The zero-order valence-corrected chi connectivity index (χ0v) is 10.2. The van der Waals surface area contributed by atoms with Crippen molar-refractivity contribution >= 4 is 11.3 Å². The highest BCUT2D eigenvalue weighted by molar-refractivity contribution is 7.15. The average molecular weight is 234 g/mol. The average Bonchev–Trinajstić information content (AvgIpc) is 2.74. The lowest BCUT2D eigenvalue weighted by Crippen LogP contribution is -2.05. The lowest BCUT2D eigenvalue weighted by Gasteiger charge is -1.96. The second kappa shape index (κ2) is 5.14. The van der Waals surface area contributed by atoms with E-state index in [9.17, 15) is 0 Å². The van der Waals surface area contributed by atoms with Gasteiger partial charge < -0.3 is 5.32 Å². The monoisotopic (exact) mass is 234 g/mol. The van der Waals surface area contributed by atoms with Gasteiger partial charge in [0.1, 0.15) is 10.7 Å². The molecule has 0 aliphatic heterocycles. The molecule has 0 atom stereocenters. The first-order chi connectivity index (χ1) is 7.85. The van der Waals surface area contributed by atoms with E-state index in [0.29, 0.717) is 0 Å². The Bertz CT molecular complexity index is 452. The summed E-state index contributed by atoms with van der Waals surface area (Å²) in [4.78, 5) is 14.2. The van der Waals surface area contributed by atoms with Crippen molar-refractivity contribution in [3.63, 3.8) is 0 Å². The Morgan fingerprint density at radius 1 is 1.38 bits per heavy atom. The van der Waals surface area contributed by atoms with Gasteiger partial charge in [0.05, 0.1) is 11.9 Å². The molecular formula is C11H14N4S. The van der Waals surface area contributed by atoms with Gasteiger partial charge in [-0.05, 0) is 13.5 Å². The minimum Gasteiger partial charge on any atom is -0.315 e. The number of nitrogens with one attached hydrogen (secondary N) is 1. The number of hydrogen-bond acceptors (Lipinski definition) is 5. The van der Waals surface area contributed by atoms with E-state index in [4.69, 9.17) is 0 Å². The second-order valence-electron chi connectivity index (χ2n) is 3.36. The minimum absolute atomic E-state index is 0.851. The SMILES string of the molecule is CCc1nc(-c2cnccn2)sc1CNC. The summed E-state index contributed by atoms with van der Waals surface area (Å²) in [7, 11) is 1.95. The van der Waals surface area contributed by atoms with Gasteiger partial charge in [0, 0.05) is 23.8 Å². The molecule has 84 valence electrons. The van der Waals surface area contributed by atoms with Crippen LogP contribution in [0.5, 0.6) is 0 Å². The number of aryl methyl sites for hydroxylation is 1. The van der Waals surface area contributed by atoms with E-state index in [1.807, 2.05) is 7.05 Å². The normalized spacial score (nSPS) is 10.6. The van der Waals surface area contributed by atoms with Crippen LogP contribution in [0.25, 0.3) is 10.7 Å². The number of thiazole rings is 1. The van der Waals surface area contributed by atoms with Gasteiger partial charge in [0.2, 0.25) is 0 Å². The number of rotatable bonds is 4. The molecule has 0 bridgehead atoms. The molecule has 0 spiro atoms. The van der Waals surface area contributed by atoms with E-state index >= 15 is 0 Å². The van der Waals surface area contributed by atoms with E-state index in [1.54, 1.807) is 29.9 Å². The zero-order valence-electron chi connectivity index (χ0n) is 9.40.